The topological polar surface area (TPSA) is 252 Å². The van der Waals surface area contributed by atoms with Crippen molar-refractivity contribution in [2.75, 3.05) is 20.2 Å². The number of carboxylic acids is 1. The summed E-state index contributed by atoms with van der Waals surface area (Å²) in [5.74, 6) is -1.84. The fraction of sp³-hybridized carbons (Fsp3) is 0.700. The molecule has 0 radical (unpaired) electrons. The van der Waals surface area contributed by atoms with Crippen LogP contribution in [0.5, 0.6) is 0 Å². The zero-order valence-corrected chi connectivity index (χ0v) is 13.9. The highest BCUT2D eigenvalue weighted by Gasteiger charge is 2.29. The van der Waals surface area contributed by atoms with E-state index in [0.29, 0.717) is 0 Å². The fourth-order valence-corrected chi connectivity index (χ4v) is 1.57. The lowest BCUT2D eigenvalue weighted by atomic mass is 10.0. The first-order valence-corrected chi connectivity index (χ1v) is 8.01. The number of nitrogens with zero attached hydrogens (tertiary/aromatic N) is 1. The van der Waals surface area contributed by atoms with E-state index in [1.54, 1.807) is 0 Å². The Bertz CT molecular complexity index is 485. The zero-order valence-electron chi connectivity index (χ0n) is 13.0. The molecule has 0 unspecified atom stereocenters. The Hall–Kier alpha value is -1.64. The van der Waals surface area contributed by atoms with Crippen LogP contribution in [0.4, 0.5) is 0 Å². The lowest BCUT2D eigenvalue weighted by Gasteiger charge is -2.22. The quantitative estimate of drug-likeness (QED) is 0.0808. The van der Waals surface area contributed by atoms with Gasteiger partial charge >= 0.3 is 13.7 Å². The molecular formula is C10H22N3O11P. The molecule has 25 heavy (non-hydrogen) atoms. The minimum atomic E-state index is -4.53. The number of aliphatic hydroxyl groups excluding tert-OH is 5. The highest BCUT2D eigenvalue weighted by molar-refractivity contribution is 7.50. The summed E-state index contributed by atoms with van der Waals surface area (Å²) in [6.07, 6.45) is -6.84. The van der Waals surface area contributed by atoms with Crippen LogP contribution in [0.3, 0.4) is 0 Å². The number of aldehydes is 1. The van der Waals surface area contributed by atoms with E-state index in [-0.39, 0.29) is 6.29 Å². The van der Waals surface area contributed by atoms with E-state index in [1.165, 1.54) is 12.1 Å². The molecule has 148 valence electrons. The summed E-state index contributed by atoms with van der Waals surface area (Å²) in [6, 6.07) is 0. The van der Waals surface area contributed by atoms with Gasteiger partial charge < -0.3 is 50.1 Å². The molecule has 0 fully saturated rings. The minimum Gasteiger partial charge on any atom is -0.480 e. The number of nitrogens with one attached hydrogen (secondary N) is 2. The third kappa shape index (κ3) is 12.4. The van der Waals surface area contributed by atoms with Crippen molar-refractivity contribution in [3.05, 3.63) is 0 Å². The molecule has 0 aliphatic heterocycles. The maximum absolute atomic E-state index is 10.3. The normalized spacial score (nSPS) is 15.7. The lowest BCUT2D eigenvalue weighted by molar-refractivity contribution is -0.137. The summed E-state index contributed by atoms with van der Waals surface area (Å²) in [4.78, 5) is 37.6. The van der Waals surface area contributed by atoms with Gasteiger partial charge in [-0.05, 0) is 0 Å². The molecular weight excluding hydrogens is 369 g/mol. The van der Waals surface area contributed by atoms with E-state index < -0.39 is 57.2 Å². The number of carboxylic acid groups (broad SMARTS) is 1. The molecule has 0 aromatic rings. The van der Waals surface area contributed by atoms with Gasteiger partial charge in [-0.25, -0.2) is 4.57 Å². The highest BCUT2D eigenvalue weighted by Crippen LogP contribution is 2.27. The van der Waals surface area contributed by atoms with Gasteiger partial charge in [-0.1, -0.05) is 0 Å². The minimum absolute atomic E-state index is 0.0258. The Morgan fingerprint density at radius 3 is 2.04 bits per heavy atom. The molecule has 0 aliphatic carbocycles. The van der Waals surface area contributed by atoms with Crippen molar-refractivity contribution < 1.29 is 54.6 Å². The molecule has 0 spiro atoms. The van der Waals surface area contributed by atoms with Crippen molar-refractivity contribution in [1.29, 1.82) is 5.41 Å². The molecule has 0 saturated carbocycles. The molecule has 0 aromatic carbocycles. The van der Waals surface area contributed by atoms with Crippen molar-refractivity contribution in [2.45, 2.75) is 24.4 Å². The van der Waals surface area contributed by atoms with Crippen LogP contribution in [-0.2, 0) is 14.2 Å². The number of likely N-dealkylation sites (N-methyl/N-ethyl adjacent to an activating group) is 1. The number of guanidine groups is 1. The van der Waals surface area contributed by atoms with Gasteiger partial charge in [-0.3, -0.25) is 15.3 Å². The average molecular weight is 391 g/mol. The van der Waals surface area contributed by atoms with Gasteiger partial charge in [0, 0.05) is 7.05 Å². The molecule has 0 rings (SSSR count). The second kappa shape index (κ2) is 11.8. The third-order valence-electron chi connectivity index (χ3n) is 2.43. The number of hydrogen-bond acceptors (Lipinski definition) is 9. The maximum Gasteiger partial charge on any atom is 0.429 e. The van der Waals surface area contributed by atoms with Gasteiger partial charge in [0.2, 0.25) is 0 Å². The number of rotatable bonds is 8. The summed E-state index contributed by atoms with van der Waals surface area (Å²) in [5, 5.41) is 60.3. The average Bonchev–Trinajstić information content (AvgIpc) is 2.50. The van der Waals surface area contributed by atoms with Crippen LogP contribution in [0.15, 0.2) is 0 Å². The summed E-state index contributed by atoms with van der Waals surface area (Å²) in [5.41, 5.74) is 0. The van der Waals surface area contributed by atoms with Crippen LogP contribution in [0, 0.1) is 5.41 Å². The van der Waals surface area contributed by atoms with Crippen molar-refractivity contribution in [2.24, 2.45) is 0 Å². The zero-order chi connectivity index (χ0) is 20.4. The SMILES string of the molecule is CN(CC(=O)O)C(=N)NP(=O)(O)O.O=C[C@H](O)[C@@H](O)[C@H](O)[C@H](O)CO. The molecule has 0 heterocycles. The number of aliphatic hydroxyl groups is 5. The molecule has 0 amide bonds. The summed E-state index contributed by atoms with van der Waals surface area (Å²) < 4.78 is 10.3. The summed E-state index contributed by atoms with van der Waals surface area (Å²) >= 11 is 0. The highest BCUT2D eigenvalue weighted by atomic mass is 31.2. The van der Waals surface area contributed by atoms with Crippen molar-refractivity contribution in [1.82, 2.24) is 9.99 Å². The van der Waals surface area contributed by atoms with Gasteiger partial charge in [-0.2, -0.15) is 0 Å². The van der Waals surface area contributed by atoms with E-state index in [4.69, 9.17) is 45.8 Å². The molecule has 0 aromatic heterocycles. The molecule has 4 atom stereocenters. The van der Waals surface area contributed by atoms with E-state index in [0.717, 1.165) is 4.90 Å². The second-order valence-electron chi connectivity index (χ2n) is 4.61. The largest absolute Gasteiger partial charge is 0.480 e. The van der Waals surface area contributed by atoms with E-state index >= 15 is 0 Å². The van der Waals surface area contributed by atoms with E-state index in [2.05, 4.69) is 0 Å². The Kier molecular flexibility index (Phi) is 12.1. The molecule has 15 heteroatoms. The van der Waals surface area contributed by atoms with Crippen molar-refractivity contribution in [3.63, 3.8) is 0 Å². The van der Waals surface area contributed by atoms with E-state index in [9.17, 15) is 14.2 Å². The summed E-state index contributed by atoms with van der Waals surface area (Å²) in [6.45, 7) is -1.27. The van der Waals surface area contributed by atoms with Crippen LogP contribution in [0.1, 0.15) is 0 Å². The number of carbonyl (C=O) groups excluding carboxylic acids is 1. The van der Waals surface area contributed by atoms with E-state index in [1.807, 2.05) is 0 Å². The first kappa shape index (κ1) is 25.6. The Balaban J connectivity index is 0. The van der Waals surface area contributed by atoms with Crippen LogP contribution in [-0.4, -0.2) is 108 Å². The van der Waals surface area contributed by atoms with Gasteiger partial charge in [0.05, 0.1) is 6.61 Å². The summed E-state index contributed by atoms with van der Waals surface area (Å²) in [7, 11) is -3.31. The predicted octanol–water partition coefficient (Wildman–Crippen LogP) is -4.76. The maximum atomic E-state index is 10.3. The smallest absolute Gasteiger partial charge is 0.429 e. The van der Waals surface area contributed by atoms with Crippen LogP contribution in [0.2, 0.25) is 0 Å². The Labute approximate surface area is 141 Å². The molecule has 0 saturated heterocycles. The van der Waals surface area contributed by atoms with Gasteiger partial charge in [-0.15, -0.1) is 0 Å². The first-order chi connectivity index (χ1) is 11.3. The van der Waals surface area contributed by atoms with Gasteiger partial charge in [0.15, 0.2) is 12.2 Å². The lowest BCUT2D eigenvalue weighted by Crippen LogP contribution is -2.46. The second-order valence-corrected chi connectivity index (χ2v) is 5.92. The third-order valence-corrected chi connectivity index (χ3v) is 2.93. The van der Waals surface area contributed by atoms with Gasteiger partial charge in [0.25, 0.3) is 0 Å². The van der Waals surface area contributed by atoms with Crippen LogP contribution < -0.4 is 5.09 Å². The Morgan fingerprint density at radius 2 is 1.72 bits per heavy atom. The monoisotopic (exact) mass is 391 g/mol. The number of aliphatic carboxylic acids is 1. The van der Waals surface area contributed by atoms with Crippen molar-refractivity contribution in [3.8, 4) is 0 Å². The number of carbonyl (C=O) groups is 2. The van der Waals surface area contributed by atoms with Crippen LogP contribution >= 0.6 is 7.75 Å². The molecule has 14 nitrogen and oxygen atoms in total. The molecule has 10 N–H and O–H groups in total. The Morgan fingerprint density at radius 1 is 1.24 bits per heavy atom. The number of hydrogen-bond donors (Lipinski definition) is 10. The first-order valence-electron chi connectivity index (χ1n) is 6.40. The predicted molar refractivity (Wildman–Crippen MR) is 80.3 cm³/mol. The molecule has 0 aliphatic rings. The standard InChI is InChI=1S/C6H12O6.C4H10N3O5P/c7-1-3(9)5(11)6(12)4(10)2-8;1-7(2-3(8)9)4(5)6-13(10,11)12/h1,3-6,8-12H,2H2;2H2,1H3,(H,8,9)(H4,5,6,10,11,12)/t3-,4+,5+,6+;/m0./s1. The van der Waals surface area contributed by atoms with Gasteiger partial charge in [0.1, 0.15) is 31.0 Å². The fourth-order valence-electron chi connectivity index (χ4n) is 1.12. The van der Waals surface area contributed by atoms with Crippen molar-refractivity contribution >= 4 is 26.0 Å². The molecule has 0 bridgehead atoms. The van der Waals surface area contributed by atoms with Crippen LogP contribution in [0.25, 0.3) is 0 Å².